The predicted molar refractivity (Wildman–Crippen MR) is 70.8 cm³/mol. The molecule has 1 aromatic rings. The number of benzene rings is 1. The van der Waals surface area contributed by atoms with Gasteiger partial charge in [0.2, 0.25) is 0 Å². The van der Waals surface area contributed by atoms with Crippen LogP contribution in [0.1, 0.15) is 46.1 Å². The SMILES string of the molecule is CCCC(C)C(C)(C)c1ccc(P=O)cc1. The van der Waals surface area contributed by atoms with Crippen molar-refractivity contribution in [1.82, 2.24) is 0 Å². The lowest BCUT2D eigenvalue weighted by molar-refractivity contribution is 0.322. The largest absolute Gasteiger partial charge is 0.269 e. The Hall–Kier alpha value is -0.680. The van der Waals surface area contributed by atoms with E-state index in [2.05, 4.69) is 39.8 Å². The van der Waals surface area contributed by atoms with Crippen LogP contribution in [0.25, 0.3) is 0 Å². The Kier molecular flexibility index (Phi) is 4.68. The molecule has 0 N–H and O–H groups in total. The standard InChI is InChI=1S/C14H21OP/c1-5-6-11(2)14(3,4)12-7-9-13(16-15)10-8-12/h7-11H,5-6H2,1-4H3. The van der Waals surface area contributed by atoms with Crippen molar-refractivity contribution in [3.05, 3.63) is 29.8 Å². The molecule has 0 aliphatic rings. The van der Waals surface area contributed by atoms with Crippen LogP contribution >= 0.6 is 8.46 Å². The summed E-state index contributed by atoms with van der Waals surface area (Å²) >= 11 is 0. The van der Waals surface area contributed by atoms with Gasteiger partial charge >= 0.3 is 0 Å². The maximum atomic E-state index is 10.7. The molecule has 1 nitrogen and oxygen atoms in total. The Morgan fingerprint density at radius 3 is 2.25 bits per heavy atom. The molecule has 0 aromatic heterocycles. The van der Waals surface area contributed by atoms with E-state index in [1.54, 1.807) is 0 Å². The smallest absolute Gasteiger partial charge is 0.192 e. The molecule has 1 rings (SSSR count). The fraction of sp³-hybridized carbons (Fsp3) is 0.571. The molecule has 0 heterocycles. The van der Waals surface area contributed by atoms with Gasteiger partial charge in [-0.2, -0.15) is 0 Å². The first kappa shape index (κ1) is 13.4. The molecule has 0 amide bonds. The van der Waals surface area contributed by atoms with Gasteiger partial charge in [-0.3, -0.25) is 4.57 Å². The molecule has 1 atom stereocenters. The molecule has 0 radical (unpaired) electrons. The molecule has 0 fully saturated rings. The monoisotopic (exact) mass is 236 g/mol. The van der Waals surface area contributed by atoms with E-state index in [0.717, 1.165) is 5.30 Å². The maximum Gasteiger partial charge on any atom is 0.192 e. The zero-order valence-electron chi connectivity index (χ0n) is 10.7. The van der Waals surface area contributed by atoms with E-state index in [0.29, 0.717) is 5.92 Å². The van der Waals surface area contributed by atoms with Crippen LogP contribution in [0.2, 0.25) is 0 Å². The lowest BCUT2D eigenvalue weighted by Gasteiger charge is -2.32. The van der Waals surface area contributed by atoms with Crippen LogP contribution in [0.15, 0.2) is 24.3 Å². The summed E-state index contributed by atoms with van der Waals surface area (Å²) in [5.74, 6) is 0.660. The van der Waals surface area contributed by atoms with Gasteiger partial charge < -0.3 is 0 Å². The number of hydrogen-bond acceptors (Lipinski definition) is 1. The van der Waals surface area contributed by atoms with Gasteiger partial charge in [-0.1, -0.05) is 52.7 Å². The summed E-state index contributed by atoms with van der Waals surface area (Å²) in [6, 6.07) is 8.10. The first-order chi connectivity index (χ1) is 7.52. The average molecular weight is 236 g/mol. The third kappa shape index (κ3) is 2.92. The molecule has 0 saturated carbocycles. The molecular weight excluding hydrogens is 215 g/mol. The summed E-state index contributed by atoms with van der Waals surface area (Å²) in [5, 5.41) is 0.850. The van der Waals surface area contributed by atoms with Crippen molar-refractivity contribution >= 4 is 13.8 Å². The Balaban J connectivity index is 2.92. The first-order valence-corrected chi connectivity index (χ1v) is 6.77. The lowest BCUT2D eigenvalue weighted by atomic mass is 9.72. The molecule has 0 saturated heterocycles. The van der Waals surface area contributed by atoms with E-state index in [1.165, 1.54) is 18.4 Å². The van der Waals surface area contributed by atoms with Crippen molar-refractivity contribution < 1.29 is 4.57 Å². The summed E-state index contributed by atoms with van der Waals surface area (Å²) in [5.41, 5.74) is 1.52. The highest BCUT2D eigenvalue weighted by Gasteiger charge is 2.26. The van der Waals surface area contributed by atoms with Crippen LogP contribution in [0.3, 0.4) is 0 Å². The number of rotatable bonds is 5. The highest BCUT2D eigenvalue weighted by Crippen LogP contribution is 2.33. The fourth-order valence-electron chi connectivity index (χ4n) is 2.03. The molecule has 88 valence electrons. The van der Waals surface area contributed by atoms with Gasteiger partial charge in [-0.15, -0.1) is 0 Å². The van der Waals surface area contributed by atoms with Crippen LogP contribution in [-0.2, 0) is 9.98 Å². The van der Waals surface area contributed by atoms with Gasteiger partial charge in [0.15, 0.2) is 8.46 Å². The van der Waals surface area contributed by atoms with Crippen LogP contribution < -0.4 is 5.30 Å². The minimum absolute atomic E-state index is 0.106. The third-order valence-electron chi connectivity index (χ3n) is 3.67. The predicted octanol–water partition coefficient (Wildman–Crippen LogP) is 4.32. The molecule has 0 bridgehead atoms. The lowest BCUT2D eigenvalue weighted by Crippen LogP contribution is -2.26. The van der Waals surface area contributed by atoms with Gasteiger partial charge in [0.05, 0.1) is 0 Å². The van der Waals surface area contributed by atoms with Crippen molar-refractivity contribution in [1.29, 1.82) is 0 Å². The van der Waals surface area contributed by atoms with E-state index < -0.39 is 0 Å². The fourth-order valence-corrected chi connectivity index (χ4v) is 2.30. The minimum atomic E-state index is 0.106. The Morgan fingerprint density at radius 2 is 1.81 bits per heavy atom. The zero-order valence-corrected chi connectivity index (χ0v) is 11.6. The molecule has 0 aliphatic heterocycles. The summed E-state index contributed by atoms with van der Waals surface area (Å²) in [7, 11) is 0.106. The molecule has 16 heavy (non-hydrogen) atoms. The summed E-state index contributed by atoms with van der Waals surface area (Å²) in [4.78, 5) is 0. The normalized spacial score (nSPS) is 14.0. The molecule has 1 aromatic carbocycles. The second-order valence-electron chi connectivity index (χ2n) is 5.05. The van der Waals surface area contributed by atoms with E-state index in [1.807, 2.05) is 12.1 Å². The van der Waals surface area contributed by atoms with Gasteiger partial charge in [0, 0.05) is 5.30 Å². The van der Waals surface area contributed by atoms with E-state index in [9.17, 15) is 4.57 Å². The van der Waals surface area contributed by atoms with Crippen molar-refractivity contribution in [2.75, 3.05) is 0 Å². The highest BCUT2D eigenvalue weighted by molar-refractivity contribution is 7.34. The molecule has 2 heteroatoms. The van der Waals surface area contributed by atoms with Crippen LogP contribution in [0.5, 0.6) is 0 Å². The molecule has 0 spiro atoms. The van der Waals surface area contributed by atoms with Gasteiger partial charge in [-0.25, -0.2) is 0 Å². The summed E-state index contributed by atoms with van der Waals surface area (Å²) < 4.78 is 10.7. The van der Waals surface area contributed by atoms with Crippen LogP contribution in [-0.4, -0.2) is 0 Å². The average Bonchev–Trinajstić information content (AvgIpc) is 2.29. The second kappa shape index (κ2) is 5.59. The van der Waals surface area contributed by atoms with Gasteiger partial charge in [-0.05, 0) is 29.0 Å². The topological polar surface area (TPSA) is 17.1 Å². The van der Waals surface area contributed by atoms with Gasteiger partial charge in [0.1, 0.15) is 0 Å². The van der Waals surface area contributed by atoms with E-state index in [-0.39, 0.29) is 13.9 Å². The third-order valence-corrected chi connectivity index (χ3v) is 4.18. The summed E-state index contributed by atoms with van der Waals surface area (Å²) in [6.07, 6.45) is 2.47. The van der Waals surface area contributed by atoms with E-state index >= 15 is 0 Å². The second-order valence-corrected chi connectivity index (χ2v) is 5.75. The van der Waals surface area contributed by atoms with Crippen LogP contribution in [0.4, 0.5) is 0 Å². The Bertz CT molecular complexity index is 340. The molecule has 1 unspecified atom stereocenters. The maximum absolute atomic E-state index is 10.7. The first-order valence-electron chi connectivity index (χ1n) is 5.96. The highest BCUT2D eigenvalue weighted by atomic mass is 31.1. The van der Waals surface area contributed by atoms with Gasteiger partial charge in [0.25, 0.3) is 0 Å². The Morgan fingerprint density at radius 1 is 1.25 bits per heavy atom. The number of hydrogen-bond donors (Lipinski definition) is 0. The molecular formula is C14H21OP. The van der Waals surface area contributed by atoms with Crippen molar-refractivity contribution in [3.8, 4) is 0 Å². The minimum Gasteiger partial charge on any atom is -0.269 e. The van der Waals surface area contributed by atoms with E-state index in [4.69, 9.17) is 0 Å². The van der Waals surface area contributed by atoms with Crippen molar-refractivity contribution in [2.45, 2.75) is 46.0 Å². The van der Waals surface area contributed by atoms with Crippen molar-refractivity contribution in [3.63, 3.8) is 0 Å². The quantitative estimate of drug-likeness (QED) is 0.696. The van der Waals surface area contributed by atoms with Crippen molar-refractivity contribution in [2.24, 2.45) is 5.92 Å². The zero-order chi connectivity index (χ0) is 12.2. The molecule has 0 aliphatic carbocycles. The van der Waals surface area contributed by atoms with Crippen LogP contribution in [0, 0.1) is 5.92 Å². The summed E-state index contributed by atoms with van der Waals surface area (Å²) in [6.45, 7) is 9.11. The Labute approximate surface area is 100 Å².